The average molecular weight is 329 g/mol. The number of hydrogen-bond donors (Lipinski definition) is 2. The molecular weight excluding hydrogens is 309 g/mol. The molecule has 1 saturated heterocycles. The number of benzene rings is 1. The van der Waals surface area contributed by atoms with Crippen molar-refractivity contribution in [3.63, 3.8) is 0 Å². The summed E-state index contributed by atoms with van der Waals surface area (Å²) >= 11 is 0. The van der Waals surface area contributed by atoms with E-state index in [1.165, 1.54) is 12.5 Å². The number of oxazole rings is 1. The highest BCUT2D eigenvalue weighted by Crippen LogP contribution is 2.12. The maximum Gasteiger partial charge on any atom is 0.488 e. The van der Waals surface area contributed by atoms with Gasteiger partial charge in [0, 0.05) is 38.3 Å². The molecule has 1 aromatic carbocycles. The standard InChI is InChI=1S/C16H20BN3O4/c1-12-15(18-11-24-12)10-19-5-7-20(8-6-19)16(21)13-3-2-4-14(9-13)17(22)23/h2-4,9,11,22-23H,5-8,10H2,1H3. The van der Waals surface area contributed by atoms with Crippen molar-refractivity contribution in [2.75, 3.05) is 26.2 Å². The number of piperazine rings is 1. The molecule has 0 spiro atoms. The number of nitrogens with zero attached hydrogens (tertiary/aromatic N) is 3. The number of aromatic nitrogens is 1. The van der Waals surface area contributed by atoms with Crippen molar-refractivity contribution in [2.45, 2.75) is 13.5 Å². The molecule has 0 atom stereocenters. The van der Waals surface area contributed by atoms with Gasteiger partial charge in [-0.25, -0.2) is 4.98 Å². The third-order valence-electron chi connectivity index (χ3n) is 4.31. The molecule has 7 nitrogen and oxygen atoms in total. The summed E-state index contributed by atoms with van der Waals surface area (Å²) in [6, 6.07) is 6.46. The van der Waals surface area contributed by atoms with Crippen LogP contribution in [0.25, 0.3) is 0 Å². The topological polar surface area (TPSA) is 90.0 Å². The predicted octanol–water partition coefficient (Wildman–Crippen LogP) is -0.379. The summed E-state index contributed by atoms with van der Waals surface area (Å²) < 4.78 is 5.21. The van der Waals surface area contributed by atoms with Gasteiger partial charge in [0.05, 0.1) is 5.69 Å². The van der Waals surface area contributed by atoms with Crippen molar-refractivity contribution >= 4 is 18.5 Å². The first-order valence-electron chi connectivity index (χ1n) is 7.91. The SMILES string of the molecule is Cc1ocnc1CN1CCN(C(=O)c2cccc(B(O)O)c2)CC1. The molecule has 0 saturated carbocycles. The van der Waals surface area contributed by atoms with E-state index in [1.807, 2.05) is 6.92 Å². The van der Waals surface area contributed by atoms with Gasteiger partial charge >= 0.3 is 7.12 Å². The summed E-state index contributed by atoms with van der Waals surface area (Å²) in [4.78, 5) is 20.8. The number of carbonyl (C=O) groups excluding carboxylic acids is 1. The van der Waals surface area contributed by atoms with Crippen LogP contribution in [0.15, 0.2) is 35.1 Å². The molecule has 1 fully saturated rings. The normalized spacial score (nSPS) is 15.5. The molecule has 2 N–H and O–H groups in total. The van der Waals surface area contributed by atoms with Crippen molar-refractivity contribution in [1.82, 2.24) is 14.8 Å². The Morgan fingerprint density at radius 1 is 1.29 bits per heavy atom. The van der Waals surface area contributed by atoms with Gasteiger partial charge in [0.15, 0.2) is 6.39 Å². The van der Waals surface area contributed by atoms with Crippen molar-refractivity contribution in [2.24, 2.45) is 0 Å². The molecule has 2 heterocycles. The molecule has 126 valence electrons. The van der Waals surface area contributed by atoms with Crippen LogP contribution < -0.4 is 5.46 Å². The van der Waals surface area contributed by atoms with Gasteiger partial charge in [0.1, 0.15) is 5.76 Å². The van der Waals surface area contributed by atoms with Crippen LogP contribution in [0.2, 0.25) is 0 Å². The summed E-state index contributed by atoms with van der Waals surface area (Å²) in [5.41, 5.74) is 1.72. The molecule has 2 aromatic rings. The number of carbonyl (C=O) groups is 1. The number of hydrogen-bond acceptors (Lipinski definition) is 6. The maximum atomic E-state index is 12.6. The van der Waals surface area contributed by atoms with Crippen LogP contribution in [0.3, 0.4) is 0 Å². The van der Waals surface area contributed by atoms with Gasteiger partial charge in [-0.1, -0.05) is 12.1 Å². The minimum atomic E-state index is -1.57. The van der Waals surface area contributed by atoms with Crippen LogP contribution in [0.4, 0.5) is 0 Å². The summed E-state index contributed by atoms with van der Waals surface area (Å²) in [7, 11) is -1.57. The van der Waals surface area contributed by atoms with E-state index >= 15 is 0 Å². The van der Waals surface area contributed by atoms with E-state index < -0.39 is 7.12 Å². The van der Waals surface area contributed by atoms with Crippen LogP contribution in [0.1, 0.15) is 21.8 Å². The molecule has 0 unspecified atom stereocenters. The first-order valence-corrected chi connectivity index (χ1v) is 7.91. The number of amides is 1. The van der Waals surface area contributed by atoms with Gasteiger partial charge in [-0.2, -0.15) is 0 Å². The zero-order valence-corrected chi connectivity index (χ0v) is 13.6. The highest BCUT2D eigenvalue weighted by molar-refractivity contribution is 6.58. The Balaban J connectivity index is 1.59. The predicted molar refractivity (Wildman–Crippen MR) is 88.7 cm³/mol. The summed E-state index contributed by atoms with van der Waals surface area (Å²) in [5, 5.41) is 18.5. The molecule has 3 rings (SSSR count). The van der Waals surface area contributed by atoms with Gasteiger partial charge in [-0.15, -0.1) is 0 Å². The molecule has 0 bridgehead atoms. The lowest BCUT2D eigenvalue weighted by molar-refractivity contribution is 0.0626. The second-order valence-corrected chi connectivity index (χ2v) is 5.92. The quantitative estimate of drug-likeness (QED) is 0.744. The minimum absolute atomic E-state index is 0.0882. The second-order valence-electron chi connectivity index (χ2n) is 5.92. The minimum Gasteiger partial charge on any atom is -0.448 e. The lowest BCUT2D eigenvalue weighted by Crippen LogP contribution is -2.48. The highest BCUT2D eigenvalue weighted by atomic mass is 16.4. The highest BCUT2D eigenvalue weighted by Gasteiger charge is 2.24. The third kappa shape index (κ3) is 3.67. The van der Waals surface area contributed by atoms with Crippen molar-refractivity contribution in [3.05, 3.63) is 47.7 Å². The summed E-state index contributed by atoms with van der Waals surface area (Å²) in [6.07, 6.45) is 1.45. The molecule has 0 radical (unpaired) electrons. The Hall–Kier alpha value is -2.16. The van der Waals surface area contributed by atoms with E-state index in [4.69, 9.17) is 4.42 Å². The smallest absolute Gasteiger partial charge is 0.448 e. The van der Waals surface area contributed by atoms with Crippen LogP contribution >= 0.6 is 0 Å². The van der Waals surface area contributed by atoms with Crippen LogP contribution in [-0.2, 0) is 6.54 Å². The number of aryl methyl sites for hydroxylation is 1. The van der Waals surface area contributed by atoms with Crippen molar-refractivity contribution in [3.8, 4) is 0 Å². The lowest BCUT2D eigenvalue weighted by Gasteiger charge is -2.34. The van der Waals surface area contributed by atoms with Crippen LogP contribution in [0.5, 0.6) is 0 Å². The second kappa shape index (κ2) is 7.17. The molecule has 24 heavy (non-hydrogen) atoms. The fraction of sp³-hybridized carbons (Fsp3) is 0.375. The maximum absolute atomic E-state index is 12.6. The fourth-order valence-corrected chi connectivity index (χ4v) is 2.82. The molecule has 1 aliphatic rings. The molecule has 1 aromatic heterocycles. The van der Waals surface area contributed by atoms with Gasteiger partial charge in [0.2, 0.25) is 0 Å². The van der Waals surface area contributed by atoms with E-state index in [-0.39, 0.29) is 5.91 Å². The van der Waals surface area contributed by atoms with Crippen LogP contribution in [-0.4, -0.2) is 64.0 Å². The molecule has 0 aliphatic carbocycles. The Labute approximate surface area is 140 Å². The molecule has 1 aliphatic heterocycles. The molecule has 8 heteroatoms. The van der Waals surface area contributed by atoms with Gasteiger partial charge < -0.3 is 19.4 Å². The zero-order valence-electron chi connectivity index (χ0n) is 13.6. The molecule has 1 amide bonds. The van der Waals surface area contributed by atoms with Crippen LogP contribution in [0, 0.1) is 6.92 Å². The third-order valence-corrected chi connectivity index (χ3v) is 4.31. The van der Waals surface area contributed by atoms with Crippen molar-refractivity contribution in [1.29, 1.82) is 0 Å². The summed E-state index contributed by atoms with van der Waals surface area (Å²) in [5.74, 6) is 0.739. The Morgan fingerprint density at radius 3 is 2.67 bits per heavy atom. The monoisotopic (exact) mass is 329 g/mol. The van der Waals surface area contributed by atoms with E-state index in [0.29, 0.717) is 24.1 Å². The fourth-order valence-electron chi connectivity index (χ4n) is 2.82. The Bertz CT molecular complexity index is 711. The van der Waals surface area contributed by atoms with E-state index in [9.17, 15) is 14.8 Å². The van der Waals surface area contributed by atoms with E-state index in [0.717, 1.165) is 31.1 Å². The zero-order chi connectivity index (χ0) is 17.1. The first-order chi connectivity index (χ1) is 11.5. The molecular formula is C16H20BN3O4. The Morgan fingerprint density at radius 2 is 2.04 bits per heavy atom. The largest absolute Gasteiger partial charge is 0.488 e. The van der Waals surface area contributed by atoms with Gasteiger partial charge in [-0.05, 0) is 24.5 Å². The van der Waals surface area contributed by atoms with E-state index in [2.05, 4.69) is 9.88 Å². The van der Waals surface area contributed by atoms with Crippen molar-refractivity contribution < 1.29 is 19.3 Å². The van der Waals surface area contributed by atoms with Gasteiger partial charge in [-0.3, -0.25) is 9.69 Å². The lowest BCUT2D eigenvalue weighted by atomic mass is 9.79. The summed E-state index contributed by atoms with van der Waals surface area (Å²) in [6.45, 7) is 5.39. The van der Waals surface area contributed by atoms with Gasteiger partial charge in [0.25, 0.3) is 5.91 Å². The Kier molecular flexibility index (Phi) is 4.98. The van der Waals surface area contributed by atoms with E-state index in [1.54, 1.807) is 23.1 Å². The first kappa shape index (κ1) is 16.7. The average Bonchev–Trinajstić information content (AvgIpc) is 3.00. The number of rotatable bonds is 4.